The minimum absolute atomic E-state index is 0.0554. The van der Waals surface area contributed by atoms with E-state index >= 15 is 0 Å². The van der Waals surface area contributed by atoms with Crippen LogP contribution in [0.2, 0.25) is 0 Å². The van der Waals surface area contributed by atoms with Crippen molar-refractivity contribution in [3.63, 3.8) is 0 Å². The quantitative estimate of drug-likeness (QED) is 0.802. The highest BCUT2D eigenvalue weighted by atomic mass is 32.2. The molecule has 2 heterocycles. The monoisotopic (exact) mass is 241 g/mol. The van der Waals surface area contributed by atoms with Crippen LogP contribution < -0.4 is 5.73 Å². The van der Waals surface area contributed by atoms with Gasteiger partial charge >= 0.3 is 0 Å². The summed E-state index contributed by atoms with van der Waals surface area (Å²) in [5.41, 5.74) is 5.78. The second-order valence-corrected chi connectivity index (χ2v) is 5.89. The fraction of sp³-hybridized carbons (Fsp3) is 0.500. The van der Waals surface area contributed by atoms with Gasteiger partial charge in [0.05, 0.1) is 0 Å². The van der Waals surface area contributed by atoms with Crippen molar-refractivity contribution >= 4 is 10.0 Å². The fourth-order valence-corrected chi connectivity index (χ4v) is 3.34. The van der Waals surface area contributed by atoms with E-state index in [-0.39, 0.29) is 10.9 Å². The zero-order chi connectivity index (χ0) is 11.6. The molecule has 5 nitrogen and oxygen atoms in total. The number of piperidine rings is 1. The largest absolute Gasteiger partial charge is 0.327 e. The molecule has 1 saturated heterocycles. The van der Waals surface area contributed by atoms with Crippen LogP contribution in [-0.4, -0.2) is 36.8 Å². The number of pyridine rings is 1. The van der Waals surface area contributed by atoms with E-state index in [9.17, 15) is 8.42 Å². The normalized spacial score (nSPS) is 23.2. The summed E-state index contributed by atoms with van der Waals surface area (Å²) >= 11 is 0. The van der Waals surface area contributed by atoms with Crippen LogP contribution in [-0.2, 0) is 10.0 Å². The second-order valence-electron chi connectivity index (χ2n) is 3.95. The molecule has 2 rings (SSSR count). The smallest absolute Gasteiger partial charge is 0.244 e. The highest BCUT2D eigenvalue weighted by molar-refractivity contribution is 7.89. The van der Waals surface area contributed by atoms with Crippen LogP contribution in [0, 0.1) is 0 Å². The Balaban J connectivity index is 2.26. The summed E-state index contributed by atoms with van der Waals surface area (Å²) in [7, 11) is -3.40. The first-order chi connectivity index (χ1) is 7.60. The molecule has 0 amide bonds. The zero-order valence-electron chi connectivity index (χ0n) is 8.91. The lowest BCUT2D eigenvalue weighted by molar-refractivity contribution is 0.316. The molecular formula is C10H15N3O2S. The van der Waals surface area contributed by atoms with E-state index < -0.39 is 10.0 Å². The summed E-state index contributed by atoms with van der Waals surface area (Å²) in [5, 5.41) is 0. The number of aromatic nitrogens is 1. The van der Waals surface area contributed by atoms with Crippen molar-refractivity contribution in [3.8, 4) is 0 Å². The Kier molecular flexibility index (Phi) is 3.22. The van der Waals surface area contributed by atoms with E-state index in [0.717, 1.165) is 12.8 Å². The van der Waals surface area contributed by atoms with Crippen LogP contribution in [0.1, 0.15) is 12.8 Å². The van der Waals surface area contributed by atoms with E-state index in [0.29, 0.717) is 13.1 Å². The minimum atomic E-state index is -3.40. The van der Waals surface area contributed by atoms with Gasteiger partial charge in [0.1, 0.15) is 4.90 Å². The van der Waals surface area contributed by atoms with Crippen molar-refractivity contribution in [1.82, 2.24) is 9.29 Å². The molecule has 2 N–H and O–H groups in total. The van der Waals surface area contributed by atoms with E-state index in [2.05, 4.69) is 4.98 Å². The van der Waals surface area contributed by atoms with E-state index in [1.54, 1.807) is 18.3 Å². The first kappa shape index (κ1) is 11.5. The van der Waals surface area contributed by atoms with Crippen LogP contribution >= 0.6 is 0 Å². The molecule has 1 atom stereocenters. The molecule has 16 heavy (non-hydrogen) atoms. The van der Waals surface area contributed by atoms with Crippen LogP contribution in [0.25, 0.3) is 0 Å². The number of hydrogen-bond donors (Lipinski definition) is 1. The van der Waals surface area contributed by atoms with Crippen molar-refractivity contribution in [2.45, 2.75) is 23.8 Å². The minimum Gasteiger partial charge on any atom is -0.327 e. The lowest BCUT2D eigenvalue weighted by Gasteiger charge is -2.29. The van der Waals surface area contributed by atoms with Crippen LogP contribution in [0.5, 0.6) is 0 Å². The maximum Gasteiger partial charge on any atom is 0.244 e. The summed E-state index contributed by atoms with van der Waals surface area (Å²) in [5.74, 6) is 0. The number of nitrogens with two attached hydrogens (primary N) is 1. The molecule has 0 radical (unpaired) electrons. The van der Waals surface area contributed by atoms with Crippen molar-refractivity contribution in [2.75, 3.05) is 13.1 Å². The van der Waals surface area contributed by atoms with Gasteiger partial charge in [0.2, 0.25) is 10.0 Å². The van der Waals surface area contributed by atoms with Crippen LogP contribution in [0.15, 0.2) is 29.4 Å². The molecule has 88 valence electrons. The molecule has 1 fully saturated rings. The molecule has 0 saturated carbocycles. The van der Waals surface area contributed by atoms with Gasteiger partial charge in [-0.2, -0.15) is 4.31 Å². The lowest BCUT2D eigenvalue weighted by Crippen LogP contribution is -2.45. The predicted molar refractivity (Wildman–Crippen MR) is 60.2 cm³/mol. The average molecular weight is 241 g/mol. The summed E-state index contributed by atoms with van der Waals surface area (Å²) in [4.78, 5) is 4.07. The Morgan fingerprint density at radius 1 is 1.50 bits per heavy atom. The maximum atomic E-state index is 12.2. The number of nitrogens with zero attached hydrogens (tertiary/aromatic N) is 2. The zero-order valence-corrected chi connectivity index (χ0v) is 9.73. The number of hydrogen-bond acceptors (Lipinski definition) is 4. The van der Waals surface area contributed by atoms with E-state index in [1.807, 2.05) is 0 Å². The van der Waals surface area contributed by atoms with Gasteiger partial charge in [-0.1, -0.05) is 0 Å². The average Bonchev–Trinajstić information content (AvgIpc) is 2.30. The molecule has 1 aromatic rings. The molecule has 0 aliphatic carbocycles. The standard InChI is InChI=1S/C10H15N3O2S/c11-9-3-2-6-13(8-9)16(14,15)10-4-1-5-12-7-10/h1,4-5,7,9H,2-3,6,8,11H2. The van der Waals surface area contributed by atoms with Gasteiger partial charge in [0.15, 0.2) is 0 Å². The van der Waals surface area contributed by atoms with Crippen molar-refractivity contribution in [1.29, 1.82) is 0 Å². The SMILES string of the molecule is NC1CCCN(S(=O)(=O)c2cccnc2)C1. The molecule has 0 spiro atoms. The second kappa shape index (κ2) is 4.48. The maximum absolute atomic E-state index is 12.2. The summed E-state index contributed by atoms with van der Waals surface area (Å²) < 4.78 is 25.8. The van der Waals surface area contributed by atoms with Crippen molar-refractivity contribution < 1.29 is 8.42 Å². The van der Waals surface area contributed by atoms with Gasteiger partial charge in [0.25, 0.3) is 0 Å². The van der Waals surface area contributed by atoms with Crippen LogP contribution in [0.3, 0.4) is 0 Å². The third kappa shape index (κ3) is 2.23. The molecule has 0 aromatic carbocycles. The summed E-state index contributed by atoms with van der Waals surface area (Å²) in [6.07, 6.45) is 4.64. The topological polar surface area (TPSA) is 76.3 Å². The first-order valence-corrected chi connectivity index (χ1v) is 6.70. The Hall–Kier alpha value is -0.980. The van der Waals surface area contributed by atoms with Gasteiger partial charge in [-0.15, -0.1) is 0 Å². The Morgan fingerprint density at radius 3 is 2.94 bits per heavy atom. The fourth-order valence-electron chi connectivity index (χ4n) is 1.84. The first-order valence-electron chi connectivity index (χ1n) is 5.26. The molecular weight excluding hydrogens is 226 g/mol. The predicted octanol–water partition coefficient (Wildman–Crippen LogP) is 0.193. The Morgan fingerprint density at radius 2 is 2.31 bits per heavy atom. The number of rotatable bonds is 2. The van der Waals surface area contributed by atoms with Gasteiger partial charge in [0, 0.05) is 31.5 Å². The highest BCUT2D eigenvalue weighted by Crippen LogP contribution is 2.18. The number of sulfonamides is 1. The summed E-state index contributed by atoms with van der Waals surface area (Å²) in [6, 6.07) is 3.12. The van der Waals surface area contributed by atoms with Gasteiger partial charge in [-0.3, -0.25) is 4.98 Å². The van der Waals surface area contributed by atoms with E-state index in [1.165, 1.54) is 10.5 Å². The Bertz CT molecular complexity index is 446. The third-order valence-corrected chi connectivity index (χ3v) is 4.54. The Labute approximate surface area is 95.3 Å². The van der Waals surface area contributed by atoms with Gasteiger partial charge in [-0.05, 0) is 25.0 Å². The van der Waals surface area contributed by atoms with Gasteiger partial charge < -0.3 is 5.73 Å². The molecule has 6 heteroatoms. The molecule has 0 bridgehead atoms. The molecule has 1 aliphatic heterocycles. The van der Waals surface area contributed by atoms with Crippen molar-refractivity contribution in [3.05, 3.63) is 24.5 Å². The molecule has 1 unspecified atom stereocenters. The van der Waals surface area contributed by atoms with Crippen LogP contribution in [0.4, 0.5) is 0 Å². The van der Waals surface area contributed by atoms with Gasteiger partial charge in [-0.25, -0.2) is 8.42 Å². The highest BCUT2D eigenvalue weighted by Gasteiger charge is 2.28. The third-order valence-electron chi connectivity index (χ3n) is 2.69. The summed E-state index contributed by atoms with van der Waals surface area (Å²) in [6.45, 7) is 0.947. The van der Waals surface area contributed by atoms with E-state index in [4.69, 9.17) is 5.73 Å². The lowest BCUT2D eigenvalue weighted by atomic mass is 10.1. The molecule has 1 aliphatic rings. The van der Waals surface area contributed by atoms with Crippen molar-refractivity contribution in [2.24, 2.45) is 5.73 Å². The molecule has 1 aromatic heterocycles.